The highest BCUT2D eigenvalue weighted by molar-refractivity contribution is 5.99. The molecule has 6 heteroatoms. The third-order valence-electron chi connectivity index (χ3n) is 5.48. The van der Waals surface area contributed by atoms with Gasteiger partial charge in [-0.1, -0.05) is 24.3 Å². The Morgan fingerprint density at radius 1 is 1.07 bits per heavy atom. The quantitative estimate of drug-likeness (QED) is 0.519. The average molecular weight is 386 g/mol. The zero-order chi connectivity index (χ0) is 20.0. The summed E-state index contributed by atoms with van der Waals surface area (Å²) in [6.07, 6.45) is 2.83. The van der Waals surface area contributed by atoms with Crippen LogP contribution in [0.1, 0.15) is 17.5 Å². The molecule has 6 nitrogen and oxygen atoms in total. The molecule has 0 N–H and O–H groups in total. The Balaban J connectivity index is 1.54. The number of amides is 1. The van der Waals surface area contributed by atoms with Gasteiger partial charge in [-0.15, -0.1) is 0 Å². The lowest BCUT2D eigenvalue weighted by atomic mass is 10.1. The monoisotopic (exact) mass is 386 g/mol. The number of aromatic nitrogens is 2. The highest BCUT2D eigenvalue weighted by Gasteiger charge is 2.27. The first-order valence-corrected chi connectivity index (χ1v) is 9.85. The second-order valence-corrected chi connectivity index (χ2v) is 7.62. The van der Waals surface area contributed by atoms with E-state index in [1.165, 1.54) is 0 Å². The minimum Gasteiger partial charge on any atom is -0.464 e. The second-order valence-electron chi connectivity index (χ2n) is 7.62. The normalized spacial score (nSPS) is 14.3. The standard InChI is InChI=1S/C23H22N4O2/c1-15-8-9-17-16(14-29-20(17)12-15)13-21(28)27-11-5-10-26(2)22-23(27)25-19-7-4-3-6-18(19)24-22/h3-4,6-9,12,14H,5,10-11,13H2,1-2H3. The van der Waals surface area contributed by atoms with Crippen molar-refractivity contribution < 1.29 is 9.21 Å². The van der Waals surface area contributed by atoms with Crippen molar-refractivity contribution in [2.45, 2.75) is 19.8 Å². The van der Waals surface area contributed by atoms with Gasteiger partial charge in [-0.05, 0) is 37.1 Å². The van der Waals surface area contributed by atoms with Gasteiger partial charge in [0, 0.05) is 31.1 Å². The third kappa shape index (κ3) is 3.10. The number of carbonyl (C=O) groups excluding carboxylic acids is 1. The lowest BCUT2D eigenvalue weighted by molar-refractivity contribution is -0.118. The number of nitrogens with zero attached hydrogens (tertiary/aromatic N) is 4. The zero-order valence-corrected chi connectivity index (χ0v) is 16.6. The summed E-state index contributed by atoms with van der Waals surface area (Å²) in [6.45, 7) is 3.48. The van der Waals surface area contributed by atoms with Crippen LogP contribution in [-0.4, -0.2) is 36.0 Å². The van der Waals surface area contributed by atoms with Crippen LogP contribution in [0.15, 0.2) is 53.1 Å². The van der Waals surface area contributed by atoms with E-state index in [2.05, 4.69) is 4.90 Å². The molecule has 2 aromatic carbocycles. The number of hydrogen-bond acceptors (Lipinski definition) is 5. The van der Waals surface area contributed by atoms with E-state index in [1.807, 2.05) is 56.4 Å². The predicted molar refractivity (Wildman–Crippen MR) is 114 cm³/mol. The molecular formula is C23H22N4O2. The summed E-state index contributed by atoms with van der Waals surface area (Å²) in [6, 6.07) is 13.8. The summed E-state index contributed by atoms with van der Waals surface area (Å²) in [5, 5.41) is 0.987. The number of fused-ring (bicyclic) bond motifs is 3. The molecule has 0 radical (unpaired) electrons. The van der Waals surface area contributed by atoms with Crippen LogP contribution in [0.25, 0.3) is 22.0 Å². The molecule has 5 rings (SSSR count). The first-order valence-electron chi connectivity index (χ1n) is 9.85. The molecule has 0 aliphatic carbocycles. The smallest absolute Gasteiger partial charge is 0.232 e. The fourth-order valence-corrected chi connectivity index (χ4v) is 3.92. The maximum Gasteiger partial charge on any atom is 0.232 e. The summed E-state index contributed by atoms with van der Waals surface area (Å²) in [5.74, 6) is 1.40. The van der Waals surface area contributed by atoms with Crippen LogP contribution in [0.5, 0.6) is 0 Å². The van der Waals surface area contributed by atoms with E-state index in [1.54, 1.807) is 11.2 Å². The number of para-hydroxylation sites is 2. The summed E-state index contributed by atoms with van der Waals surface area (Å²) in [5.41, 5.74) is 4.48. The Bertz CT molecular complexity index is 1230. The van der Waals surface area contributed by atoms with E-state index in [4.69, 9.17) is 14.4 Å². The van der Waals surface area contributed by atoms with Gasteiger partial charge in [0.2, 0.25) is 5.91 Å². The predicted octanol–water partition coefficient (Wildman–Crippen LogP) is 4.10. The third-order valence-corrected chi connectivity index (χ3v) is 5.48. The van der Waals surface area contributed by atoms with E-state index >= 15 is 0 Å². The Kier molecular flexibility index (Phi) is 4.19. The lowest BCUT2D eigenvalue weighted by Crippen LogP contribution is -2.33. The Hall–Kier alpha value is -3.41. The largest absolute Gasteiger partial charge is 0.464 e. The Labute approximate surface area is 168 Å². The van der Waals surface area contributed by atoms with Gasteiger partial charge in [0.05, 0.1) is 23.7 Å². The molecule has 0 saturated heterocycles. The van der Waals surface area contributed by atoms with Crippen LogP contribution in [0.2, 0.25) is 0 Å². The zero-order valence-electron chi connectivity index (χ0n) is 16.6. The van der Waals surface area contributed by atoms with Crippen molar-refractivity contribution in [2.75, 3.05) is 29.9 Å². The van der Waals surface area contributed by atoms with Crippen LogP contribution in [-0.2, 0) is 11.2 Å². The number of benzene rings is 2. The lowest BCUT2D eigenvalue weighted by Gasteiger charge is -2.22. The molecule has 1 aliphatic heterocycles. The molecule has 0 unspecified atom stereocenters. The van der Waals surface area contributed by atoms with Gasteiger partial charge >= 0.3 is 0 Å². The maximum absolute atomic E-state index is 13.3. The Morgan fingerprint density at radius 2 is 1.83 bits per heavy atom. The molecule has 146 valence electrons. The van der Waals surface area contributed by atoms with Crippen molar-refractivity contribution in [3.8, 4) is 0 Å². The highest BCUT2D eigenvalue weighted by atomic mass is 16.3. The van der Waals surface area contributed by atoms with Crippen LogP contribution >= 0.6 is 0 Å². The van der Waals surface area contributed by atoms with Crippen LogP contribution in [0.3, 0.4) is 0 Å². The van der Waals surface area contributed by atoms with E-state index in [0.717, 1.165) is 51.9 Å². The van der Waals surface area contributed by atoms with Crippen molar-refractivity contribution in [2.24, 2.45) is 0 Å². The van der Waals surface area contributed by atoms with E-state index < -0.39 is 0 Å². The van der Waals surface area contributed by atoms with Gasteiger partial charge in [0.25, 0.3) is 0 Å². The van der Waals surface area contributed by atoms with Crippen LogP contribution < -0.4 is 9.80 Å². The van der Waals surface area contributed by atoms with Crippen molar-refractivity contribution in [3.63, 3.8) is 0 Å². The van der Waals surface area contributed by atoms with Gasteiger partial charge in [-0.25, -0.2) is 9.97 Å². The van der Waals surface area contributed by atoms with Crippen LogP contribution in [0, 0.1) is 6.92 Å². The van der Waals surface area contributed by atoms with Crippen LogP contribution in [0.4, 0.5) is 11.6 Å². The second kappa shape index (κ2) is 6.88. The molecule has 1 amide bonds. The molecule has 2 aromatic heterocycles. The molecule has 4 aromatic rings. The van der Waals surface area contributed by atoms with Gasteiger partial charge in [-0.2, -0.15) is 0 Å². The topological polar surface area (TPSA) is 62.5 Å². The first-order chi connectivity index (χ1) is 14.1. The number of anilines is 2. The highest BCUT2D eigenvalue weighted by Crippen LogP contribution is 2.31. The van der Waals surface area contributed by atoms with E-state index in [-0.39, 0.29) is 12.3 Å². The number of hydrogen-bond donors (Lipinski definition) is 0. The summed E-state index contributed by atoms with van der Waals surface area (Å²) >= 11 is 0. The molecule has 0 spiro atoms. The fourth-order valence-electron chi connectivity index (χ4n) is 3.92. The van der Waals surface area contributed by atoms with E-state index in [9.17, 15) is 4.79 Å². The minimum absolute atomic E-state index is 0.00871. The van der Waals surface area contributed by atoms with Gasteiger partial charge < -0.3 is 9.32 Å². The summed E-state index contributed by atoms with van der Waals surface area (Å²) in [4.78, 5) is 26.8. The molecule has 0 bridgehead atoms. The first kappa shape index (κ1) is 17.7. The number of rotatable bonds is 2. The van der Waals surface area contributed by atoms with Crippen molar-refractivity contribution >= 4 is 39.5 Å². The maximum atomic E-state index is 13.3. The van der Waals surface area contributed by atoms with E-state index in [0.29, 0.717) is 12.4 Å². The van der Waals surface area contributed by atoms with Crippen molar-refractivity contribution in [1.29, 1.82) is 0 Å². The summed E-state index contributed by atoms with van der Waals surface area (Å²) < 4.78 is 5.68. The minimum atomic E-state index is 0.00871. The Morgan fingerprint density at radius 3 is 2.62 bits per heavy atom. The number of carbonyl (C=O) groups is 1. The van der Waals surface area contributed by atoms with Gasteiger partial charge in [0.15, 0.2) is 11.6 Å². The molecule has 29 heavy (non-hydrogen) atoms. The fraction of sp³-hybridized carbons (Fsp3) is 0.261. The number of furan rings is 1. The van der Waals surface area contributed by atoms with Gasteiger partial charge in [0.1, 0.15) is 5.58 Å². The summed E-state index contributed by atoms with van der Waals surface area (Å²) in [7, 11) is 2.00. The molecule has 0 saturated carbocycles. The van der Waals surface area contributed by atoms with Gasteiger partial charge in [-0.3, -0.25) is 9.69 Å². The number of aryl methyl sites for hydroxylation is 1. The average Bonchev–Trinajstić information content (AvgIpc) is 3.03. The molecule has 0 atom stereocenters. The molecule has 1 aliphatic rings. The van der Waals surface area contributed by atoms with Crippen molar-refractivity contribution in [1.82, 2.24) is 9.97 Å². The van der Waals surface area contributed by atoms with Crippen molar-refractivity contribution in [3.05, 3.63) is 59.9 Å². The molecule has 3 heterocycles. The molecule has 0 fully saturated rings. The SMILES string of the molecule is Cc1ccc2c(CC(=O)N3CCCN(C)c4nc5ccccc5nc43)coc2c1. The molecular weight excluding hydrogens is 364 g/mol.